The predicted octanol–water partition coefficient (Wildman–Crippen LogP) is 4.01. The maximum atomic E-state index is 11.5. The van der Waals surface area contributed by atoms with Crippen molar-refractivity contribution in [2.75, 3.05) is 6.61 Å². The summed E-state index contributed by atoms with van der Waals surface area (Å²) in [6, 6.07) is 8.51. The smallest absolute Gasteiger partial charge is 0.336 e. The van der Waals surface area contributed by atoms with Gasteiger partial charge in [0.15, 0.2) is 0 Å². The Morgan fingerprint density at radius 1 is 1.34 bits per heavy atom. The zero-order valence-corrected chi connectivity index (χ0v) is 17.2. The van der Waals surface area contributed by atoms with E-state index < -0.39 is 11.6 Å². The Morgan fingerprint density at radius 3 is 2.76 bits per heavy atom. The van der Waals surface area contributed by atoms with Gasteiger partial charge in [-0.2, -0.15) is 0 Å². The molecule has 29 heavy (non-hydrogen) atoms. The molecule has 0 aliphatic heterocycles. The SMILES string of the molecule is C=C(C)[C@@H]1CCC(C)=C(COc2ccc3ccc(=O)oc3c2)[C@]1(C)CCC(=O)[O-]. The Bertz CT molecular complexity index is 1030. The van der Waals surface area contributed by atoms with Gasteiger partial charge in [-0.1, -0.05) is 24.6 Å². The number of ether oxygens (including phenoxy) is 1. The normalized spacial score (nSPS) is 22.0. The number of carboxylic acids is 1. The summed E-state index contributed by atoms with van der Waals surface area (Å²) in [6.45, 7) is 10.7. The van der Waals surface area contributed by atoms with Gasteiger partial charge in [-0.15, -0.1) is 0 Å². The van der Waals surface area contributed by atoms with Gasteiger partial charge in [0.1, 0.15) is 17.9 Å². The molecule has 0 saturated heterocycles. The number of aliphatic carboxylic acids is 1. The van der Waals surface area contributed by atoms with Gasteiger partial charge in [0.05, 0.1) is 0 Å². The standard InChI is InChI=1S/C24H28O5/c1-15(2)19-9-5-16(3)20(24(19,4)12-11-22(25)26)14-28-18-8-6-17-7-10-23(27)29-21(17)13-18/h6-8,10,13,19H,1,5,9,11-12,14H2,2-4H3,(H,25,26)/p-1/t19-,24+/m0/s1. The molecule has 1 heterocycles. The Labute approximate surface area is 170 Å². The van der Waals surface area contributed by atoms with Crippen LogP contribution in [0.5, 0.6) is 5.75 Å². The van der Waals surface area contributed by atoms with E-state index in [1.807, 2.05) is 19.1 Å². The molecule has 1 aliphatic carbocycles. The quantitative estimate of drug-likeness (QED) is 0.523. The molecule has 3 rings (SSSR count). The number of hydrogen-bond donors (Lipinski definition) is 0. The molecule has 2 aromatic rings. The summed E-state index contributed by atoms with van der Waals surface area (Å²) in [5.41, 5.74) is 3.13. The highest BCUT2D eigenvalue weighted by Crippen LogP contribution is 2.50. The highest BCUT2D eigenvalue weighted by molar-refractivity contribution is 5.77. The average Bonchev–Trinajstić information content (AvgIpc) is 2.65. The van der Waals surface area contributed by atoms with Gasteiger partial charge in [0, 0.05) is 23.5 Å². The van der Waals surface area contributed by atoms with E-state index in [1.54, 1.807) is 12.1 Å². The molecular weight excluding hydrogens is 368 g/mol. The monoisotopic (exact) mass is 395 g/mol. The minimum absolute atomic E-state index is 0.00179. The minimum atomic E-state index is -1.04. The maximum Gasteiger partial charge on any atom is 0.336 e. The summed E-state index contributed by atoms with van der Waals surface area (Å²) < 4.78 is 11.3. The summed E-state index contributed by atoms with van der Waals surface area (Å²) in [7, 11) is 0. The van der Waals surface area contributed by atoms with E-state index in [0.717, 1.165) is 29.4 Å². The number of benzene rings is 1. The van der Waals surface area contributed by atoms with Gasteiger partial charge in [-0.05, 0) is 74.6 Å². The highest BCUT2D eigenvalue weighted by Gasteiger charge is 2.41. The molecule has 0 unspecified atom stereocenters. The lowest BCUT2D eigenvalue weighted by molar-refractivity contribution is -0.306. The summed E-state index contributed by atoms with van der Waals surface area (Å²) in [4.78, 5) is 22.6. The fourth-order valence-corrected chi connectivity index (χ4v) is 4.58. The van der Waals surface area contributed by atoms with Crippen LogP contribution in [-0.4, -0.2) is 12.6 Å². The van der Waals surface area contributed by atoms with Crippen LogP contribution in [0.2, 0.25) is 0 Å². The molecule has 0 amide bonds. The lowest BCUT2D eigenvalue weighted by atomic mass is 9.60. The number of fused-ring (bicyclic) bond motifs is 1. The number of rotatable bonds is 7. The van der Waals surface area contributed by atoms with Crippen LogP contribution in [-0.2, 0) is 4.79 Å². The molecule has 2 atom stereocenters. The molecule has 5 heteroatoms. The van der Waals surface area contributed by atoms with Gasteiger partial charge in [0.25, 0.3) is 0 Å². The first-order chi connectivity index (χ1) is 13.7. The summed E-state index contributed by atoms with van der Waals surface area (Å²) in [5.74, 6) is -0.245. The highest BCUT2D eigenvalue weighted by atomic mass is 16.5. The van der Waals surface area contributed by atoms with Crippen LogP contribution in [0.3, 0.4) is 0 Å². The number of hydrogen-bond acceptors (Lipinski definition) is 5. The van der Waals surface area contributed by atoms with Crippen LogP contribution >= 0.6 is 0 Å². The molecule has 0 spiro atoms. The molecule has 154 valence electrons. The molecule has 0 N–H and O–H groups in total. The molecule has 1 aromatic carbocycles. The van der Waals surface area contributed by atoms with Crippen molar-refractivity contribution in [1.29, 1.82) is 0 Å². The molecule has 1 aliphatic rings. The van der Waals surface area contributed by atoms with Crippen molar-refractivity contribution in [3.05, 3.63) is 64.1 Å². The van der Waals surface area contributed by atoms with Crippen molar-refractivity contribution in [3.63, 3.8) is 0 Å². The van der Waals surface area contributed by atoms with E-state index in [4.69, 9.17) is 9.15 Å². The second-order valence-corrected chi connectivity index (χ2v) is 8.23. The predicted molar refractivity (Wildman–Crippen MR) is 111 cm³/mol. The van der Waals surface area contributed by atoms with Crippen molar-refractivity contribution in [3.8, 4) is 5.75 Å². The first kappa shape index (κ1) is 20.9. The van der Waals surface area contributed by atoms with E-state index in [2.05, 4.69) is 20.4 Å². The summed E-state index contributed by atoms with van der Waals surface area (Å²) in [6.07, 6.45) is 2.37. The van der Waals surface area contributed by atoms with Gasteiger partial charge in [-0.25, -0.2) is 4.79 Å². The van der Waals surface area contributed by atoms with Crippen molar-refractivity contribution in [1.82, 2.24) is 0 Å². The molecule has 0 fully saturated rings. The first-order valence-electron chi connectivity index (χ1n) is 9.92. The second-order valence-electron chi connectivity index (χ2n) is 8.23. The fraction of sp³-hybridized carbons (Fsp3) is 0.417. The second kappa shape index (κ2) is 8.27. The Balaban J connectivity index is 1.88. The largest absolute Gasteiger partial charge is 0.550 e. The number of carbonyl (C=O) groups is 1. The van der Waals surface area contributed by atoms with Crippen molar-refractivity contribution < 1.29 is 19.1 Å². The molecular formula is C24H27O5-. The van der Waals surface area contributed by atoms with Crippen LogP contribution in [0.4, 0.5) is 0 Å². The van der Waals surface area contributed by atoms with Crippen LogP contribution in [0.15, 0.2) is 62.8 Å². The molecule has 5 nitrogen and oxygen atoms in total. The summed E-state index contributed by atoms with van der Waals surface area (Å²) in [5, 5.41) is 12.0. The average molecular weight is 395 g/mol. The van der Waals surface area contributed by atoms with E-state index in [0.29, 0.717) is 24.4 Å². The minimum Gasteiger partial charge on any atom is -0.550 e. The maximum absolute atomic E-state index is 11.5. The molecule has 1 aromatic heterocycles. The topological polar surface area (TPSA) is 79.6 Å². The molecule has 0 radical (unpaired) electrons. The number of carboxylic acid groups (broad SMARTS) is 1. The fourth-order valence-electron chi connectivity index (χ4n) is 4.58. The van der Waals surface area contributed by atoms with Gasteiger partial charge in [-0.3, -0.25) is 0 Å². The van der Waals surface area contributed by atoms with E-state index in [1.165, 1.54) is 11.6 Å². The van der Waals surface area contributed by atoms with Crippen molar-refractivity contribution in [2.45, 2.75) is 46.5 Å². The Hall–Kier alpha value is -2.82. The Morgan fingerprint density at radius 2 is 2.07 bits per heavy atom. The Kier molecular flexibility index (Phi) is 5.96. The third-order valence-corrected chi connectivity index (χ3v) is 6.20. The van der Waals surface area contributed by atoms with Gasteiger partial charge < -0.3 is 19.1 Å². The molecule has 0 bridgehead atoms. The van der Waals surface area contributed by atoms with E-state index >= 15 is 0 Å². The van der Waals surface area contributed by atoms with Crippen molar-refractivity contribution >= 4 is 16.9 Å². The van der Waals surface area contributed by atoms with Crippen LogP contribution in [0.25, 0.3) is 11.0 Å². The zero-order chi connectivity index (χ0) is 21.2. The van der Waals surface area contributed by atoms with E-state index in [-0.39, 0.29) is 17.8 Å². The lowest BCUT2D eigenvalue weighted by Crippen LogP contribution is -2.38. The van der Waals surface area contributed by atoms with Crippen molar-refractivity contribution in [2.24, 2.45) is 11.3 Å². The third kappa shape index (κ3) is 4.44. The zero-order valence-electron chi connectivity index (χ0n) is 17.2. The third-order valence-electron chi connectivity index (χ3n) is 6.20. The summed E-state index contributed by atoms with van der Waals surface area (Å²) >= 11 is 0. The molecule has 0 saturated carbocycles. The number of carbonyl (C=O) groups excluding carboxylic acids is 1. The first-order valence-corrected chi connectivity index (χ1v) is 9.92. The van der Waals surface area contributed by atoms with E-state index in [9.17, 15) is 14.7 Å². The lowest BCUT2D eigenvalue weighted by Gasteiger charge is -2.45. The van der Waals surface area contributed by atoms with Crippen LogP contribution in [0.1, 0.15) is 46.5 Å². The van der Waals surface area contributed by atoms with Crippen LogP contribution < -0.4 is 15.5 Å². The van der Waals surface area contributed by atoms with Gasteiger partial charge >= 0.3 is 5.63 Å². The van der Waals surface area contributed by atoms with Crippen LogP contribution in [0, 0.1) is 11.3 Å². The number of allylic oxidation sites excluding steroid dienone is 2. The van der Waals surface area contributed by atoms with Gasteiger partial charge in [0.2, 0.25) is 0 Å².